The van der Waals surface area contributed by atoms with Crippen molar-refractivity contribution in [2.45, 2.75) is 6.42 Å². The molecule has 1 aromatic heterocycles. The van der Waals surface area contributed by atoms with Crippen LogP contribution in [0, 0.1) is 10.1 Å². The number of nitrogens with one attached hydrogen (secondary N) is 1. The highest BCUT2D eigenvalue weighted by atomic mass is 16.6. The van der Waals surface area contributed by atoms with E-state index in [4.69, 9.17) is 0 Å². The fourth-order valence-corrected chi connectivity index (χ4v) is 2.36. The van der Waals surface area contributed by atoms with Crippen LogP contribution in [0.3, 0.4) is 0 Å². The number of aromatic nitrogens is 2. The molecular weight excluding hydrogens is 320 g/mol. The predicted molar refractivity (Wildman–Crippen MR) is 94.4 cm³/mol. The summed E-state index contributed by atoms with van der Waals surface area (Å²) in [5.74, 6) is 0.701. The Labute approximate surface area is 144 Å². The molecule has 7 nitrogen and oxygen atoms in total. The number of phenols is 1. The molecule has 0 unspecified atom stereocenters. The third-order valence-corrected chi connectivity index (χ3v) is 3.64. The van der Waals surface area contributed by atoms with Crippen LogP contribution in [0.25, 0.3) is 11.3 Å². The SMILES string of the molecule is O=[N+]([O-])c1cccc(-c2ccnc(NCCc3ccc(O)cc3)n2)c1. The lowest BCUT2D eigenvalue weighted by Gasteiger charge is -2.07. The monoisotopic (exact) mass is 336 g/mol. The first-order chi connectivity index (χ1) is 12.1. The Balaban J connectivity index is 1.68. The number of phenolic OH excluding ortho intramolecular Hbond substituents is 1. The van der Waals surface area contributed by atoms with Crippen LogP contribution >= 0.6 is 0 Å². The molecule has 3 aromatic rings. The summed E-state index contributed by atoms with van der Waals surface area (Å²) in [7, 11) is 0. The van der Waals surface area contributed by atoms with Gasteiger partial charge in [-0.25, -0.2) is 9.97 Å². The van der Waals surface area contributed by atoms with Gasteiger partial charge in [-0.1, -0.05) is 24.3 Å². The maximum atomic E-state index is 10.9. The zero-order valence-electron chi connectivity index (χ0n) is 13.3. The Morgan fingerprint density at radius 1 is 1.12 bits per heavy atom. The molecule has 3 rings (SSSR count). The van der Waals surface area contributed by atoms with Crippen LogP contribution in [-0.4, -0.2) is 26.5 Å². The molecule has 2 aromatic carbocycles. The van der Waals surface area contributed by atoms with Crippen LogP contribution in [-0.2, 0) is 6.42 Å². The van der Waals surface area contributed by atoms with Gasteiger partial charge in [0.05, 0.1) is 10.6 Å². The summed E-state index contributed by atoms with van der Waals surface area (Å²) in [5, 5.41) is 23.3. The summed E-state index contributed by atoms with van der Waals surface area (Å²) in [5.41, 5.74) is 2.39. The quantitative estimate of drug-likeness (QED) is 0.528. The smallest absolute Gasteiger partial charge is 0.270 e. The maximum absolute atomic E-state index is 10.9. The van der Waals surface area contributed by atoms with Crippen molar-refractivity contribution in [3.05, 3.63) is 76.5 Å². The molecule has 0 bridgehead atoms. The number of hydrogen-bond donors (Lipinski definition) is 2. The molecule has 0 aliphatic heterocycles. The number of aromatic hydroxyl groups is 1. The molecule has 0 radical (unpaired) electrons. The second-order valence-electron chi connectivity index (χ2n) is 5.42. The minimum Gasteiger partial charge on any atom is -0.508 e. The molecule has 0 saturated heterocycles. The molecular formula is C18H16N4O3. The van der Waals surface area contributed by atoms with Crippen molar-refractivity contribution in [3.63, 3.8) is 0 Å². The van der Waals surface area contributed by atoms with Gasteiger partial charge in [0.2, 0.25) is 5.95 Å². The largest absolute Gasteiger partial charge is 0.508 e. The summed E-state index contributed by atoms with van der Waals surface area (Å²) < 4.78 is 0. The molecule has 0 fully saturated rings. The lowest BCUT2D eigenvalue weighted by Crippen LogP contribution is -2.08. The third-order valence-electron chi connectivity index (χ3n) is 3.64. The van der Waals surface area contributed by atoms with Crippen molar-refractivity contribution in [1.82, 2.24) is 9.97 Å². The molecule has 0 saturated carbocycles. The summed E-state index contributed by atoms with van der Waals surface area (Å²) in [6.45, 7) is 0.628. The normalized spacial score (nSPS) is 10.4. The van der Waals surface area contributed by atoms with E-state index < -0.39 is 4.92 Å². The van der Waals surface area contributed by atoms with E-state index in [9.17, 15) is 15.2 Å². The molecule has 1 heterocycles. The van der Waals surface area contributed by atoms with Crippen molar-refractivity contribution in [2.24, 2.45) is 0 Å². The fraction of sp³-hybridized carbons (Fsp3) is 0.111. The first-order valence-corrected chi connectivity index (χ1v) is 7.71. The highest BCUT2D eigenvalue weighted by Crippen LogP contribution is 2.22. The molecule has 25 heavy (non-hydrogen) atoms. The van der Waals surface area contributed by atoms with Crippen LogP contribution in [0.2, 0.25) is 0 Å². The second-order valence-corrected chi connectivity index (χ2v) is 5.42. The Kier molecular flexibility index (Phi) is 4.84. The zero-order chi connectivity index (χ0) is 17.6. The average molecular weight is 336 g/mol. The molecule has 0 aliphatic rings. The van der Waals surface area contributed by atoms with Gasteiger partial charge in [-0.15, -0.1) is 0 Å². The molecule has 0 atom stereocenters. The highest BCUT2D eigenvalue weighted by Gasteiger charge is 2.08. The molecule has 2 N–H and O–H groups in total. The van der Waals surface area contributed by atoms with E-state index >= 15 is 0 Å². The van der Waals surface area contributed by atoms with Crippen LogP contribution in [0.15, 0.2) is 60.8 Å². The van der Waals surface area contributed by atoms with Gasteiger partial charge in [-0.2, -0.15) is 0 Å². The first-order valence-electron chi connectivity index (χ1n) is 7.71. The van der Waals surface area contributed by atoms with E-state index in [1.165, 1.54) is 12.1 Å². The van der Waals surface area contributed by atoms with Gasteiger partial charge < -0.3 is 10.4 Å². The second kappa shape index (κ2) is 7.39. The standard InChI is InChI=1S/C18H16N4O3/c23-16-6-4-13(5-7-16)8-10-19-18-20-11-9-17(21-18)14-2-1-3-15(12-14)22(24)25/h1-7,9,11-12,23H,8,10H2,(H,19,20,21). The van der Waals surface area contributed by atoms with Crippen molar-refractivity contribution in [1.29, 1.82) is 0 Å². The van der Waals surface area contributed by atoms with Crippen molar-refractivity contribution in [2.75, 3.05) is 11.9 Å². The van der Waals surface area contributed by atoms with Gasteiger partial charge in [0, 0.05) is 30.4 Å². The van der Waals surface area contributed by atoms with E-state index in [-0.39, 0.29) is 11.4 Å². The number of hydrogen-bond acceptors (Lipinski definition) is 6. The minimum atomic E-state index is -0.429. The lowest BCUT2D eigenvalue weighted by atomic mass is 10.1. The molecule has 0 aliphatic carbocycles. The number of non-ortho nitro benzene ring substituents is 1. The third kappa shape index (κ3) is 4.29. The highest BCUT2D eigenvalue weighted by molar-refractivity contribution is 5.63. The Bertz CT molecular complexity index is 881. The predicted octanol–water partition coefficient (Wildman–Crippen LogP) is 3.41. The number of anilines is 1. The topological polar surface area (TPSA) is 101 Å². The summed E-state index contributed by atoms with van der Waals surface area (Å²) in [6.07, 6.45) is 2.37. The summed E-state index contributed by atoms with van der Waals surface area (Å²) >= 11 is 0. The van der Waals surface area contributed by atoms with E-state index in [2.05, 4.69) is 15.3 Å². The van der Waals surface area contributed by atoms with Crippen LogP contribution in [0.5, 0.6) is 5.75 Å². The zero-order valence-corrected chi connectivity index (χ0v) is 13.3. The van der Waals surface area contributed by atoms with Crippen molar-refractivity contribution >= 4 is 11.6 Å². The van der Waals surface area contributed by atoms with E-state index in [1.807, 2.05) is 12.1 Å². The van der Waals surface area contributed by atoms with E-state index in [0.717, 1.165) is 12.0 Å². The van der Waals surface area contributed by atoms with Gasteiger partial charge in [0.1, 0.15) is 5.75 Å². The lowest BCUT2D eigenvalue weighted by molar-refractivity contribution is -0.384. The van der Waals surface area contributed by atoms with Gasteiger partial charge in [-0.05, 0) is 30.2 Å². The first kappa shape index (κ1) is 16.4. The summed E-state index contributed by atoms with van der Waals surface area (Å²) in [4.78, 5) is 19.0. The summed E-state index contributed by atoms with van der Waals surface area (Å²) in [6, 6.07) is 15.1. The van der Waals surface area contributed by atoms with E-state index in [1.54, 1.807) is 36.5 Å². The van der Waals surface area contributed by atoms with Gasteiger partial charge >= 0.3 is 0 Å². The molecule has 0 spiro atoms. The number of rotatable bonds is 6. The van der Waals surface area contributed by atoms with Crippen molar-refractivity contribution in [3.8, 4) is 17.0 Å². The Morgan fingerprint density at radius 3 is 2.68 bits per heavy atom. The van der Waals surface area contributed by atoms with Crippen LogP contribution in [0.4, 0.5) is 11.6 Å². The van der Waals surface area contributed by atoms with Crippen LogP contribution in [0.1, 0.15) is 5.56 Å². The number of nitro groups is 1. The van der Waals surface area contributed by atoms with Crippen LogP contribution < -0.4 is 5.32 Å². The molecule has 7 heteroatoms. The average Bonchev–Trinajstić information content (AvgIpc) is 2.64. The van der Waals surface area contributed by atoms with Gasteiger partial charge in [-0.3, -0.25) is 10.1 Å². The maximum Gasteiger partial charge on any atom is 0.270 e. The van der Waals surface area contributed by atoms with Crippen molar-refractivity contribution < 1.29 is 10.0 Å². The van der Waals surface area contributed by atoms with E-state index in [0.29, 0.717) is 23.8 Å². The number of nitro benzene ring substituents is 1. The Hall–Kier alpha value is -3.48. The minimum absolute atomic E-state index is 0.0259. The fourth-order valence-electron chi connectivity index (χ4n) is 2.36. The number of nitrogens with zero attached hydrogens (tertiary/aromatic N) is 3. The van der Waals surface area contributed by atoms with Gasteiger partial charge in [0.15, 0.2) is 0 Å². The molecule has 126 valence electrons. The molecule has 0 amide bonds. The van der Waals surface area contributed by atoms with Gasteiger partial charge in [0.25, 0.3) is 5.69 Å². The Morgan fingerprint density at radius 2 is 1.92 bits per heavy atom. The number of benzene rings is 2.